The molecule has 2 rings (SSSR count). The third-order valence-corrected chi connectivity index (χ3v) is 3.37. The first kappa shape index (κ1) is 17.3. The van der Waals surface area contributed by atoms with E-state index in [1.807, 2.05) is 42.5 Å². The minimum absolute atomic E-state index is 0.428. The fourth-order valence-corrected chi connectivity index (χ4v) is 2.19. The number of amides is 3. The first-order valence-electron chi connectivity index (χ1n) is 7.68. The molecule has 1 atom stereocenters. The van der Waals surface area contributed by atoms with Gasteiger partial charge in [0, 0.05) is 12.2 Å². The van der Waals surface area contributed by atoms with Crippen LogP contribution in [0.25, 0.3) is 0 Å². The number of rotatable bonds is 6. The first-order chi connectivity index (χ1) is 11.6. The molecule has 0 unspecified atom stereocenters. The Morgan fingerprint density at radius 2 is 1.71 bits per heavy atom. The van der Waals surface area contributed by atoms with Crippen LogP contribution in [-0.4, -0.2) is 25.6 Å². The van der Waals surface area contributed by atoms with E-state index in [2.05, 4.69) is 16.0 Å². The fourth-order valence-electron chi connectivity index (χ4n) is 2.19. The van der Waals surface area contributed by atoms with Gasteiger partial charge in [-0.3, -0.25) is 10.1 Å². The zero-order valence-corrected chi connectivity index (χ0v) is 13.7. The summed E-state index contributed by atoms with van der Waals surface area (Å²) >= 11 is 0. The van der Waals surface area contributed by atoms with Crippen LogP contribution >= 0.6 is 0 Å². The van der Waals surface area contributed by atoms with Crippen molar-refractivity contribution in [1.29, 1.82) is 0 Å². The molecule has 0 aromatic heterocycles. The summed E-state index contributed by atoms with van der Waals surface area (Å²) in [6.45, 7) is 2.23. The van der Waals surface area contributed by atoms with Crippen molar-refractivity contribution in [3.05, 3.63) is 60.2 Å². The topological polar surface area (TPSA) is 79.5 Å². The summed E-state index contributed by atoms with van der Waals surface area (Å²) in [5.74, 6) is 0.298. The fraction of sp³-hybridized carbons (Fsp3) is 0.222. The van der Waals surface area contributed by atoms with Gasteiger partial charge in [-0.1, -0.05) is 30.3 Å². The molecule has 0 saturated heterocycles. The lowest BCUT2D eigenvalue weighted by Crippen LogP contribution is -2.43. The van der Waals surface area contributed by atoms with Gasteiger partial charge in [0.05, 0.1) is 7.11 Å². The second-order valence-corrected chi connectivity index (χ2v) is 5.07. The molecule has 2 aromatic rings. The molecular formula is C18H21N3O3. The van der Waals surface area contributed by atoms with E-state index in [0.29, 0.717) is 6.54 Å². The van der Waals surface area contributed by atoms with Crippen LogP contribution in [0.15, 0.2) is 54.6 Å². The number of anilines is 1. The van der Waals surface area contributed by atoms with Gasteiger partial charge in [-0.05, 0) is 36.8 Å². The first-order valence-corrected chi connectivity index (χ1v) is 7.68. The van der Waals surface area contributed by atoms with E-state index in [0.717, 1.165) is 17.0 Å². The van der Waals surface area contributed by atoms with Gasteiger partial charge in [-0.15, -0.1) is 0 Å². The molecule has 0 aliphatic heterocycles. The minimum Gasteiger partial charge on any atom is -0.497 e. The number of carbonyl (C=O) groups excluding carboxylic acids is 2. The molecule has 3 amide bonds. The Kier molecular flexibility index (Phi) is 6.19. The van der Waals surface area contributed by atoms with Gasteiger partial charge in [0.2, 0.25) is 0 Å². The van der Waals surface area contributed by atoms with Crippen molar-refractivity contribution in [3.8, 4) is 5.75 Å². The van der Waals surface area contributed by atoms with Crippen LogP contribution in [0, 0.1) is 0 Å². The van der Waals surface area contributed by atoms with Crippen molar-refractivity contribution in [2.24, 2.45) is 0 Å². The second kappa shape index (κ2) is 8.57. The Hall–Kier alpha value is -3.02. The summed E-state index contributed by atoms with van der Waals surface area (Å²) in [5.41, 5.74) is 1.51. The molecule has 126 valence electrons. The summed E-state index contributed by atoms with van der Waals surface area (Å²) < 4.78 is 5.13. The molecule has 0 heterocycles. The van der Waals surface area contributed by atoms with E-state index in [4.69, 9.17) is 4.74 Å². The third-order valence-electron chi connectivity index (χ3n) is 3.37. The highest BCUT2D eigenvalue weighted by atomic mass is 16.5. The second-order valence-electron chi connectivity index (χ2n) is 5.07. The molecule has 0 bridgehead atoms. The smallest absolute Gasteiger partial charge is 0.321 e. The Balaban J connectivity index is 2.19. The summed E-state index contributed by atoms with van der Waals surface area (Å²) in [7, 11) is 1.59. The summed E-state index contributed by atoms with van der Waals surface area (Å²) in [6.07, 6.45) is 0. The number of urea groups is 1. The lowest BCUT2D eigenvalue weighted by atomic mass is 10.1. The highest BCUT2D eigenvalue weighted by Gasteiger charge is 2.22. The van der Waals surface area contributed by atoms with E-state index in [-0.39, 0.29) is 0 Å². The number of carbonyl (C=O) groups is 2. The predicted octanol–water partition coefficient (Wildman–Crippen LogP) is 2.69. The van der Waals surface area contributed by atoms with Crippen LogP contribution in [0.4, 0.5) is 10.5 Å². The molecule has 0 spiro atoms. The Bertz CT molecular complexity index is 672. The van der Waals surface area contributed by atoms with E-state index in [9.17, 15) is 9.59 Å². The number of imide groups is 1. The van der Waals surface area contributed by atoms with E-state index >= 15 is 0 Å². The quantitative estimate of drug-likeness (QED) is 0.762. The molecule has 0 aliphatic carbocycles. The largest absolute Gasteiger partial charge is 0.497 e. The number of nitrogens with one attached hydrogen (secondary N) is 3. The van der Waals surface area contributed by atoms with Crippen LogP contribution < -0.4 is 20.7 Å². The normalized spacial score (nSPS) is 11.2. The Morgan fingerprint density at radius 1 is 1.04 bits per heavy atom. The molecule has 6 nitrogen and oxygen atoms in total. The zero-order chi connectivity index (χ0) is 17.4. The Labute approximate surface area is 141 Å². The van der Waals surface area contributed by atoms with Crippen molar-refractivity contribution in [2.75, 3.05) is 19.0 Å². The van der Waals surface area contributed by atoms with Crippen molar-refractivity contribution >= 4 is 17.6 Å². The van der Waals surface area contributed by atoms with E-state index in [1.165, 1.54) is 0 Å². The lowest BCUT2D eigenvalue weighted by Gasteiger charge is -2.19. The van der Waals surface area contributed by atoms with E-state index in [1.54, 1.807) is 26.2 Å². The van der Waals surface area contributed by atoms with Gasteiger partial charge in [0.1, 0.15) is 11.8 Å². The third kappa shape index (κ3) is 4.74. The molecule has 3 N–H and O–H groups in total. The SMILES string of the molecule is CCNC(=O)NC(=O)[C@H](Nc1ccc(OC)cc1)c1ccccc1. The molecule has 0 saturated carbocycles. The lowest BCUT2D eigenvalue weighted by molar-refractivity contribution is -0.120. The van der Waals surface area contributed by atoms with Crippen LogP contribution in [0.2, 0.25) is 0 Å². The highest BCUT2D eigenvalue weighted by Crippen LogP contribution is 2.22. The summed E-state index contributed by atoms with van der Waals surface area (Å²) in [5, 5.41) is 8.04. The molecule has 6 heteroatoms. The van der Waals surface area contributed by atoms with Gasteiger partial charge in [-0.25, -0.2) is 4.79 Å². The number of benzene rings is 2. The maximum Gasteiger partial charge on any atom is 0.321 e. The standard InChI is InChI=1S/C18H21N3O3/c1-3-19-18(23)21-17(22)16(13-7-5-4-6-8-13)20-14-9-11-15(24-2)12-10-14/h4-12,16,20H,3H2,1-2H3,(H2,19,21,22,23)/t16-/m1/s1. The number of hydrogen-bond acceptors (Lipinski definition) is 4. The van der Waals surface area contributed by atoms with Gasteiger partial charge in [0.15, 0.2) is 0 Å². The molecule has 2 aromatic carbocycles. The van der Waals surface area contributed by atoms with Crippen LogP contribution in [0.5, 0.6) is 5.75 Å². The van der Waals surface area contributed by atoms with Gasteiger partial charge in [-0.2, -0.15) is 0 Å². The van der Waals surface area contributed by atoms with Crippen molar-refractivity contribution in [3.63, 3.8) is 0 Å². The Morgan fingerprint density at radius 3 is 2.29 bits per heavy atom. The molecule has 0 aliphatic rings. The maximum atomic E-state index is 12.5. The molecule has 24 heavy (non-hydrogen) atoms. The molecule has 0 radical (unpaired) electrons. The van der Waals surface area contributed by atoms with Crippen molar-refractivity contribution in [1.82, 2.24) is 10.6 Å². The van der Waals surface area contributed by atoms with Gasteiger partial charge >= 0.3 is 6.03 Å². The maximum absolute atomic E-state index is 12.5. The highest BCUT2D eigenvalue weighted by molar-refractivity contribution is 5.98. The van der Waals surface area contributed by atoms with E-state index < -0.39 is 18.0 Å². The summed E-state index contributed by atoms with van der Waals surface area (Å²) in [6, 6.07) is 15.2. The van der Waals surface area contributed by atoms with Crippen LogP contribution in [-0.2, 0) is 4.79 Å². The average Bonchev–Trinajstić information content (AvgIpc) is 2.61. The van der Waals surface area contributed by atoms with Gasteiger partial charge in [0.25, 0.3) is 5.91 Å². The summed E-state index contributed by atoms with van der Waals surface area (Å²) in [4.78, 5) is 24.1. The van der Waals surface area contributed by atoms with Crippen molar-refractivity contribution in [2.45, 2.75) is 13.0 Å². The monoisotopic (exact) mass is 327 g/mol. The van der Waals surface area contributed by atoms with Crippen molar-refractivity contribution < 1.29 is 14.3 Å². The zero-order valence-electron chi connectivity index (χ0n) is 13.7. The molecule has 0 fully saturated rings. The minimum atomic E-state index is -0.692. The number of ether oxygens (including phenoxy) is 1. The number of methoxy groups -OCH3 is 1. The molecular weight excluding hydrogens is 306 g/mol. The van der Waals surface area contributed by atoms with Crippen LogP contribution in [0.3, 0.4) is 0 Å². The number of hydrogen-bond donors (Lipinski definition) is 3. The van der Waals surface area contributed by atoms with Gasteiger partial charge < -0.3 is 15.4 Å². The van der Waals surface area contributed by atoms with Crippen LogP contribution in [0.1, 0.15) is 18.5 Å². The predicted molar refractivity (Wildman–Crippen MR) is 93.0 cm³/mol. The average molecular weight is 327 g/mol.